The number of benzene rings is 2. The highest BCUT2D eigenvalue weighted by Gasteiger charge is 2.14. The highest BCUT2D eigenvalue weighted by atomic mass is 35.5. The predicted octanol–water partition coefficient (Wildman–Crippen LogP) is 4.30. The van der Waals surface area contributed by atoms with Gasteiger partial charge in [-0.1, -0.05) is 29.8 Å². The van der Waals surface area contributed by atoms with Crippen molar-refractivity contribution in [1.82, 2.24) is 14.5 Å². The number of aromatic nitrogens is 2. The van der Waals surface area contributed by atoms with E-state index in [0.29, 0.717) is 11.6 Å². The normalized spacial score (nSPS) is 15.2. The van der Waals surface area contributed by atoms with E-state index >= 15 is 0 Å². The van der Waals surface area contributed by atoms with E-state index in [4.69, 9.17) is 26.1 Å². The van der Waals surface area contributed by atoms with E-state index < -0.39 is 0 Å². The van der Waals surface area contributed by atoms with Crippen molar-refractivity contribution in [2.75, 3.05) is 32.8 Å². The van der Waals surface area contributed by atoms with Gasteiger partial charge in [0.05, 0.1) is 24.2 Å². The highest BCUT2D eigenvalue weighted by Crippen LogP contribution is 2.23. The Balaban J connectivity index is 1.50. The van der Waals surface area contributed by atoms with Gasteiger partial charge in [-0.25, -0.2) is 4.98 Å². The summed E-state index contributed by atoms with van der Waals surface area (Å²) in [7, 11) is 0. The number of rotatable bonds is 7. The van der Waals surface area contributed by atoms with Crippen LogP contribution in [0.15, 0.2) is 42.5 Å². The summed E-state index contributed by atoms with van der Waals surface area (Å²) in [6.07, 6.45) is 1.06. The van der Waals surface area contributed by atoms with Gasteiger partial charge in [-0.3, -0.25) is 4.90 Å². The van der Waals surface area contributed by atoms with E-state index in [-0.39, 0.29) is 0 Å². The molecule has 0 atom stereocenters. The standard InChI is InChI=1S/C22H26ClN3O2/c1-17-5-2-3-6-21(17)28-16-22-24-19-15-18(23)7-8-20(19)26(22)10-4-9-25-11-13-27-14-12-25/h2-3,5-8,15H,4,9-14,16H2,1H3. The maximum absolute atomic E-state index is 6.18. The molecule has 3 aromatic rings. The maximum Gasteiger partial charge on any atom is 0.147 e. The molecule has 148 valence electrons. The van der Waals surface area contributed by atoms with Crippen LogP contribution >= 0.6 is 11.6 Å². The number of aryl methyl sites for hydroxylation is 2. The zero-order chi connectivity index (χ0) is 19.3. The van der Waals surface area contributed by atoms with Gasteiger partial charge in [0.1, 0.15) is 18.2 Å². The fourth-order valence-electron chi connectivity index (χ4n) is 3.65. The number of hydrogen-bond acceptors (Lipinski definition) is 4. The van der Waals surface area contributed by atoms with E-state index in [2.05, 4.69) is 28.5 Å². The minimum Gasteiger partial charge on any atom is -0.485 e. The third kappa shape index (κ3) is 4.49. The Morgan fingerprint density at radius 2 is 1.93 bits per heavy atom. The first-order valence-electron chi connectivity index (χ1n) is 9.84. The second-order valence-corrected chi connectivity index (χ2v) is 7.61. The van der Waals surface area contributed by atoms with Crippen LogP contribution in [0.2, 0.25) is 5.02 Å². The Morgan fingerprint density at radius 3 is 2.75 bits per heavy atom. The molecule has 6 heteroatoms. The van der Waals surface area contributed by atoms with E-state index in [1.807, 2.05) is 30.3 Å². The smallest absolute Gasteiger partial charge is 0.147 e. The van der Waals surface area contributed by atoms with Crippen molar-refractivity contribution >= 4 is 22.6 Å². The second-order valence-electron chi connectivity index (χ2n) is 7.17. The molecule has 1 aliphatic rings. The molecule has 2 heterocycles. The molecule has 2 aromatic carbocycles. The van der Waals surface area contributed by atoms with Crippen molar-refractivity contribution < 1.29 is 9.47 Å². The molecule has 0 N–H and O–H groups in total. The number of halogens is 1. The Morgan fingerprint density at radius 1 is 1.11 bits per heavy atom. The number of hydrogen-bond donors (Lipinski definition) is 0. The van der Waals surface area contributed by atoms with Crippen molar-refractivity contribution in [3.8, 4) is 5.75 Å². The minimum absolute atomic E-state index is 0.439. The molecule has 5 nitrogen and oxygen atoms in total. The quantitative estimate of drug-likeness (QED) is 0.593. The number of nitrogens with zero attached hydrogens (tertiary/aromatic N) is 3. The van der Waals surface area contributed by atoms with Gasteiger partial charge in [0.15, 0.2) is 0 Å². The van der Waals surface area contributed by atoms with Gasteiger partial charge in [0.2, 0.25) is 0 Å². The highest BCUT2D eigenvalue weighted by molar-refractivity contribution is 6.31. The minimum atomic E-state index is 0.439. The third-order valence-corrected chi connectivity index (χ3v) is 5.43. The number of para-hydroxylation sites is 1. The van der Waals surface area contributed by atoms with Crippen molar-refractivity contribution in [3.63, 3.8) is 0 Å². The fourth-order valence-corrected chi connectivity index (χ4v) is 3.82. The van der Waals surface area contributed by atoms with Crippen LogP contribution in [0.3, 0.4) is 0 Å². The molecule has 1 aliphatic heterocycles. The molecule has 0 spiro atoms. The van der Waals surface area contributed by atoms with Crippen LogP contribution in [0.4, 0.5) is 0 Å². The molecule has 0 bridgehead atoms. The molecule has 1 aromatic heterocycles. The van der Waals surface area contributed by atoms with Gasteiger partial charge in [0, 0.05) is 31.2 Å². The SMILES string of the molecule is Cc1ccccc1OCc1nc2cc(Cl)ccc2n1CCCN1CCOCC1. The summed E-state index contributed by atoms with van der Waals surface area (Å²) in [4.78, 5) is 7.26. The largest absolute Gasteiger partial charge is 0.485 e. The monoisotopic (exact) mass is 399 g/mol. The van der Waals surface area contributed by atoms with Gasteiger partial charge >= 0.3 is 0 Å². The number of ether oxygens (including phenoxy) is 2. The lowest BCUT2D eigenvalue weighted by molar-refractivity contribution is 0.0369. The summed E-state index contributed by atoms with van der Waals surface area (Å²) >= 11 is 6.18. The molecule has 0 aliphatic carbocycles. The first kappa shape index (κ1) is 19.2. The summed E-state index contributed by atoms with van der Waals surface area (Å²) in [5, 5.41) is 0.705. The van der Waals surface area contributed by atoms with E-state index in [0.717, 1.165) is 74.0 Å². The molecule has 1 fully saturated rings. The Bertz CT molecular complexity index is 935. The van der Waals surface area contributed by atoms with Gasteiger partial charge in [-0.2, -0.15) is 0 Å². The van der Waals surface area contributed by atoms with Crippen molar-refractivity contribution in [2.24, 2.45) is 0 Å². The zero-order valence-electron chi connectivity index (χ0n) is 16.2. The average Bonchev–Trinajstić information content (AvgIpc) is 3.05. The Labute approximate surface area is 170 Å². The molecular weight excluding hydrogens is 374 g/mol. The van der Waals surface area contributed by atoms with E-state index in [1.165, 1.54) is 0 Å². The van der Waals surface area contributed by atoms with Crippen LogP contribution in [0.1, 0.15) is 17.8 Å². The number of imidazole rings is 1. The fraction of sp³-hybridized carbons (Fsp3) is 0.409. The molecule has 4 rings (SSSR count). The van der Waals surface area contributed by atoms with E-state index in [1.54, 1.807) is 0 Å². The first-order chi connectivity index (χ1) is 13.7. The number of fused-ring (bicyclic) bond motifs is 1. The average molecular weight is 400 g/mol. The van der Waals surface area contributed by atoms with Crippen molar-refractivity contribution in [2.45, 2.75) is 26.5 Å². The molecule has 28 heavy (non-hydrogen) atoms. The lowest BCUT2D eigenvalue weighted by Gasteiger charge is -2.26. The van der Waals surface area contributed by atoms with Gasteiger partial charge in [-0.05, 0) is 43.2 Å². The third-order valence-electron chi connectivity index (χ3n) is 5.20. The zero-order valence-corrected chi connectivity index (χ0v) is 17.0. The second kappa shape index (κ2) is 8.95. The summed E-state index contributed by atoms with van der Waals surface area (Å²) in [6, 6.07) is 14.0. The van der Waals surface area contributed by atoms with E-state index in [9.17, 15) is 0 Å². The molecule has 0 amide bonds. The molecule has 1 saturated heterocycles. The lowest BCUT2D eigenvalue weighted by Crippen LogP contribution is -2.37. The molecular formula is C22H26ClN3O2. The number of morpholine rings is 1. The van der Waals surface area contributed by atoms with Gasteiger partial charge in [-0.15, -0.1) is 0 Å². The van der Waals surface area contributed by atoms with Crippen LogP contribution in [0, 0.1) is 6.92 Å². The first-order valence-corrected chi connectivity index (χ1v) is 10.2. The molecule has 0 radical (unpaired) electrons. The summed E-state index contributed by atoms with van der Waals surface area (Å²) in [6.45, 7) is 8.17. The Kier molecular flexibility index (Phi) is 6.15. The van der Waals surface area contributed by atoms with Crippen molar-refractivity contribution in [1.29, 1.82) is 0 Å². The van der Waals surface area contributed by atoms with Crippen LogP contribution in [-0.4, -0.2) is 47.3 Å². The maximum atomic E-state index is 6.18. The molecule has 0 saturated carbocycles. The predicted molar refractivity (Wildman–Crippen MR) is 112 cm³/mol. The van der Waals surface area contributed by atoms with Gasteiger partial charge in [0.25, 0.3) is 0 Å². The summed E-state index contributed by atoms with van der Waals surface area (Å²) < 4.78 is 13.8. The van der Waals surface area contributed by atoms with Crippen LogP contribution in [0.25, 0.3) is 11.0 Å². The van der Waals surface area contributed by atoms with Gasteiger partial charge < -0.3 is 14.0 Å². The van der Waals surface area contributed by atoms with Crippen molar-refractivity contribution in [3.05, 3.63) is 58.9 Å². The van der Waals surface area contributed by atoms with Crippen LogP contribution in [0.5, 0.6) is 5.75 Å². The summed E-state index contributed by atoms with van der Waals surface area (Å²) in [5.74, 6) is 1.83. The van der Waals surface area contributed by atoms with Crippen LogP contribution < -0.4 is 4.74 Å². The molecule has 0 unspecified atom stereocenters. The lowest BCUT2D eigenvalue weighted by atomic mass is 10.2. The Hall–Kier alpha value is -2.08. The topological polar surface area (TPSA) is 39.5 Å². The van der Waals surface area contributed by atoms with Crippen LogP contribution in [-0.2, 0) is 17.9 Å². The summed E-state index contributed by atoms with van der Waals surface area (Å²) in [5.41, 5.74) is 3.15.